The van der Waals surface area contributed by atoms with Gasteiger partial charge in [-0.1, -0.05) is 70.7 Å². The molecule has 0 saturated carbocycles. The highest BCUT2D eigenvalue weighted by Crippen LogP contribution is 2.44. The van der Waals surface area contributed by atoms with Crippen LogP contribution in [0.1, 0.15) is 22.3 Å². The summed E-state index contributed by atoms with van der Waals surface area (Å²) in [5, 5.41) is 1.53. The summed E-state index contributed by atoms with van der Waals surface area (Å²) in [6.07, 6.45) is -9.18. The molecule has 0 aliphatic heterocycles. The number of nitrogen functional groups attached to an aromatic ring is 4. The van der Waals surface area contributed by atoms with E-state index in [1.807, 2.05) is 12.1 Å². The Hall–Kier alpha value is -3.18. The SMILES string of the molecule is Nc1ccc(-c2ccc(N)cc2C(F)(F)F)c(C(F)(F)F)c1.Nc1ccc(Cc2ccc(N)c(Cl)c2Cl)c(Cl)c1Cl. The highest BCUT2D eigenvalue weighted by Gasteiger charge is 2.38. The minimum Gasteiger partial charge on any atom is -0.399 e. The van der Waals surface area contributed by atoms with Crippen molar-refractivity contribution in [3.63, 3.8) is 0 Å². The number of benzene rings is 4. The molecule has 4 nitrogen and oxygen atoms in total. The number of halogens is 10. The monoisotopic (exact) mass is 654 g/mol. The second-order valence-corrected chi connectivity index (χ2v) is 10.2. The van der Waals surface area contributed by atoms with Crippen molar-refractivity contribution in [2.24, 2.45) is 0 Å². The Bertz CT molecular complexity index is 1470. The summed E-state index contributed by atoms with van der Waals surface area (Å²) < 4.78 is 78.4. The van der Waals surface area contributed by atoms with E-state index in [9.17, 15) is 26.3 Å². The van der Waals surface area contributed by atoms with Crippen LogP contribution in [0.25, 0.3) is 11.1 Å². The van der Waals surface area contributed by atoms with Crippen molar-refractivity contribution >= 4 is 69.2 Å². The third-order valence-electron chi connectivity index (χ3n) is 5.75. The Morgan fingerprint density at radius 1 is 0.488 bits per heavy atom. The van der Waals surface area contributed by atoms with Gasteiger partial charge in [0.1, 0.15) is 0 Å². The molecule has 0 heterocycles. The molecule has 0 aromatic heterocycles. The highest BCUT2D eigenvalue weighted by atomic mass is 35.5. The lowest BCUT2D eigenvalue weighted by Gasteiger charge is -2.18. The molecule has 0 spiro atoms. The number of rotatable bonds is 3. The predicted molar refractivity (Wildman–Crippen MR) is 155 cm³/mol. The van der Waals surface area contributed by atoms with Crippen LogP contribution in [0.5, 0.6) is 0 Å². The molecule has 0 aliphatic carbocycles. The number of nitrogens with two attached hydrogens (primary N) is 4. The van der Waals surface area contributed by atoms with Crippen LogP contribution in [0.4, 0.5) is 49.1 Å². The average Bonchev–Trinajstić information content (AvgIpc) is 2.88. The fourth-order valence-corrected chi connectivity index (χ4v) is 4.60. The first-order valence-electron chi connectivity index (χ1n) is 11.3. The lowest BCUT2D eigenvalue weighted by atomic mass is 9.94. The van der Waals surface area contributed by atoms with E-state index >= 15 is 0 Å². The normalized spacial score (nSPS) is 11.7. The standard InChI is InChI=1S/C14H10F6N2.C13H10Cl4N2/c15-13(16,17)11-5-7(21)1-3-9(11)10-4-2-8(22)6-12(10)14(18,19)20;14-10-6(1-3-8(18)12(10)16)5-7-2-4-9(19)13(17)11(7)15/h1-6H,21-22H2;1-4H,5,18-19H2. The molecule has 0 saturated heterocycles. The molecule has 4 aromatic rings. The van der Waals surface area contributed by atoms with E-state index < -0.39 is 34.6 Å². The van der Waals surface area contributed by atoms with Gasteiger partial charge in [-0.05, 0) is 58.7 Å². The minimum absolute atomic E-state index is 0.194. The van der Waals surface area contributed by atoms with Crippen LogP contribution < -0.4 is 22.9 Å². The number of hydrogen-bond acceptors (Lipinski definition) is 4. The fraction of sp³-hybridized carbons (Fsp3) is 0.111. The summed E-state index contributed by atoms with van der Waals surface area (Å²) in [5.74, 6) is 0. The molecular weight excluding hydrogens is 636 g/mol. The van der Waals surface area contributed by atoms with E-state index in [1.54, 1.807) is 12.1 Å². The van der Waals surface area contributed by atoms with Gasteiger partial charge in [0.05, 0.1) is 42.6 Å². The first-order valence-corrected chi connectivity index (χ1v) is 12.8. The summed E-state index contributed by atoms with van der Waals surface area (Å²) in [4.78, 5) is 0. The van der Waals surface area contributed by atoms with Crippen LogP contribution in [-0.4, -0.2) is 0 Å². The maximum Gasteiger partial charge on any atom is 0.417 e. The maximum absolute atomic E-state index is 13.1. The van der Waals surface area contributed by atoms with Gasteiger partial charge < -0.3 is 22.9 Å². The molecule has 4 rings (SSSR count). The molecule has 218 valence electrons. The van der Waals surface area contributed by atoms with E-state index in [1.165, 1.54) is 0 Å². The molecule has 0 amide bonds. The lowest BCUT2D eigenvalue weighted by Crippen LogP contribution is -2.12. The summed E-state index contributed by atoms with van der Waals surface area (Å²) in [5.41, 5.74) is 20.4. The van der Waals surface area contributed by atoms with Crippen molar-refractivity contribution in [3.8, 4) is 11.1 Å². The van der Waals surface area contributed by atoms with Gasteiger partial charge in [-0.2, -0.15) is 26.3 Å². The quantitative estimate of drug-likeness (QED) is 0.130. The zero-order valence-corrected chi connectivity index (χ0v) is 23.6. The van der Waals surface area contributed by atoms with E-state index in [2.05, 4.69) is 0 Å². The van der Waals surface area contributed by atoms with Gasteiger partial charge in [0.2, 0.25) is 0 Å². The molecule has 0 radical (unpaired) electrons. The van der Waals surface area contributed by atoms with Crippen LogP contribution in [0.3, 0.4) is 0 Å². The largest absolute Gasteiger partial charge is 0.417 e. The van der Waals surface area contributed by atoms with Gasteiger partial charge in [-0.15, -0.1) is 0 Å². The summed E-state index contributed by atoms with van der Waals surface area (Å²) >= 11 is 24.3. The van der Waals surface area contributed by atoms with Crippen LogP contribution in [0, 0.1) is 0 Å². The first kappa shape index (κ1) is 32.3. The van der Waals surface area contributed by atoms with Crippen LogP contribution in [0.15, 0.2) is 60.7 Å². The van der Waals surface area contributed by atoms with Crippen molar-refractivity contribution in [1.82, 2.24) is 0 Å². The summed E-state index contributed by atoms with van der Waals surface area (Å²) in [7, 11) is 0. The van der Waals surface area contributed by atoms with Gasteiger partial charge in [0.15, 0.2) is 0 Å². The van der Waals surface area contributed by atoms with E-state index in [-0.39, 0.29) is 11.4 Å². The summed E-state index contributed by atoms with van der Waals surface area (Å²) in [6.45, 7) is 0. The average molecular weight is 656 g/mol. The highest BCUT2D eigenvalue weighted by molar-refractivity contribution is 6.45. The van der Waals surface area contributed by atoms with Crippen LogP contribution in [-0.2, 0) is 18.8 Å². The second-order valence-electron chi connectivity index (χ2n) is 8.67. The van der Waals surface area contributed by atoms with Crippen molar-refractivity contribution in [2.45, 2.75) is 18.8 Å². The third-order valence-corrected chi connectivity index (χ3v) is 7.62. The van der Waals surface area contributed by atoms with Gasteiger partial charge in [0, 0.05) is 17.8 Å². The molecule has 0 bridgehead atoms. The Morgan fingerprint density at radius 3 is 1.15 bits per heavy atom. The Labute approximate surface area is 250 Å². The predicted octanol–water partition coefficient (Wildman–Crippen LogP) is 9.61. The zero-order chi connectivity index (χ0) is 30.9. The minimum atomic E-state index is -4.84. The number of alkyl halides is 6. The van der Waals surface area contributed by atoms with Gasteiger partial charge >= 0.3 is 12.4 Å². The van der Waals surface area contributed by atoms with E-state index in [0.29, 0.717) is 50.0 Å². The van der Waals surface area contributed by atoms with Gasteiger partial charge in [0.25, 0.3) is 0 Å². The molecule has 14 heteroatoms. The Kier molecular flexibility index (Phi) is 9.75. The molecule has 0 fully saturated rings. The lowest BCUT2D eigenvalue weighted by molar-refractivity contribution is -0.139. The molecule has 41 heavy (non-hydrogen) atoms. The first-order chi connectivity index (χ1) is 18.9. The van der Waals surface area contributed by atoms with E-state index in [0.717, 1.165) is 35.4 Å². The molecule has 8 N–H and O–H groups in total. The van der Waals surface area contributed by atoms with Crippen LogP contribution >= 0.6 is 46.4 Å². The molecular formula is C27H20Cl4F6N4. The summed E-state index contributed by atoms with van der Waals surface area (Å²) in [6, 6.07) is 12.3. The van der Waals surface area contributed by atoms with Gasteiger partial charge in [-0.25, -0.2) is 0 Å². The van der Waals surface area contributed by atoms with Gasteiger partial charge in [-0.3, -0.25) is 0 Å². The second kappa shape index (κ2) is 12.4. The third kappa shape index (κ3) is 7.56. The van der Waals surface area contributed by atoms with Crippen molar-refractivity contribution in [2.75, 3.05) is 22.9 Å². The number of anilines is 4. The fourth-order valence-electron chi connectivity index (χ4n) is 3.75. The van der Waals surface area contributed by atoms with Crippen molar-refractivity contribution in [3.05, 3.63) is 103 Å². The van der Waals surface area contributed by atoms with E-state index in [4.69, 9.17) is 69.3 Å². The molecule has 0 aliphatic rings. The zero-order valence-electron chi connectivity index (χ0n) is 20.6. The smallest absolute Gasteiger partial charge is 0.399 e. The molecule has 0 unspecified atom stereocenters. The Morgan fingerprint density at radius 2 is 0.829 bits per heavy atom. The maximum atomic E-state index is 13.1. The van der Waals surface area contributed by atoms with Crippen molar-refractivity contribution < 1.29 is 26.3 Å². The van der Waals surface area contributed by atoms with Crippen LogP contribution in [0.2, 0.25) is 20.1 Å². The number of hydrogen-bond donors (Lipinski definition) is 4. The molecule has 4 aromatic carbocycles. The Balaban J connectivity index is 0.000000228. The van der Waals surface area contributed by atoms with Crippen molar-refractivity contribution in [1.29, 1.82) is 0 Å². The molecule has 0 atom stereocenters. The topological polar surface area (TPSA) is 104 Å².